The van der Waals surface area contributed by atoms with Gasteiger partial charge in [-0.25, -0.2) is 0 Å². The molecule has 2 aliphatic rings. The van der Waals surface area contributed by atoms with Crippen LogP contribution in [0.4, 0.5) is 0 Å². The van der Waals surface area contributed by atoms with Gasteiger partial charge in [0.05, 0.1) is 0 Å². The Morgan fingerprint density at radius 3 is 2.85 bits per heavy atom. The standard InChI is InChI=1S/C17H17NO2/c1-18-6-5-11-7-12(19)9-13-16(11)14(18)8-10-3-2-4-15(20)17(10)13/h2-4,7,9,14,19-20H,5-6,8H2,1H3/t14-/m1/s1. The van der Waals surface area contributed by atoms with Gasteiger partial charge in [0.1, 0.15) is 11.5 Å². The Bertz CT molecular complexity index is 708. The summed E-state index contributed by atoms with van der Waals surface area (Å²) in [6.07, 6.45) is 1.87. The normalized spacial score (nSPS) is 20.4. The minimum absolute atomic E-state index is 0.290. The van der Waals surface area contributed by atoms with Crippen molar-refractivity contribution >= 4 is 0 Å². The SMILES string of the molecule is CN1CCc2cc(O)cc3c2[C@H]1Cc1cccc(O)c1-3. The third kappa shape index (κ3) is 1.50. The lowest BCUT2D eigenvalue weighted by Gasteiger charge is -2.39. The van der Waals surface area contributed by atoms with Crippen LogP contribution in [0.15, 0.2) is 30.3 Å². The predicted octanol–water partition coefficient (Wildman–Crippen LogP) is 2.85. The van der Waals surface area contributed by atoms with Crippen LogP contribution in [0.2, 0.25) is 0 Å². The van der Waals surface area contributed by atoms with E-state index in [4.69, 9.17) is 0 Å². The zero-order chi connectivity index (χ0) is 13.9. The first-order valence-corrected chi connectivity index (χ1v) is 7.02. The van der Waals surface area contributed by atoms with Crippen molar-refractivity contribution in [1.29, 1.82) is 0 Å². The van der Waals surface area contributed by atoms with Crippen LogP contribution >= 0.6 is 0 Å². The van der Waals surface area contributed by atoms with E-state index in [2.05, 4.69) is 18.0 Å². The summed E-state index contributed by atoms with van der Waals surface area (Å²) < 4.78 is 0. The summed E-state index contributed by atoms with van der Waals surface area (Å²) in [7, 11) is 2.15. The Balaban J connectivity index is 2.07. The molecule has 0 spiro atoms. The summed E-state index contributed by atoms with van der Waals surface area (Å²) in [5.41, 5.74) is 5.55. The number of hydrogen-bond donors (Lipinski definition) is 2. The van der Waals surface area contributed by atoms with Gasteiger partial charge in [-0.15, -0.1) is 0 Å². The van der Waals surface area contributed by atoms with Gasteiger partial charge in [-0.05, 0) is 60.3 Å². The highest BCUT2D eigenvalue weighted by molar-refractivity contribution is 5.81. The van der Waals surface area contributed by atoms with E-state index < -0.39 is 0 Å². The first-order chi connectivity index (χ1) is 9.65. The van der Waals surface area contributed by atoms with E-state index in [9.17, 15) is 10.2 Å². The predicted molar refractivity (Wildman–Crippen MR) is 78.0 cm³/mol. The van der Waals surface area contributed by atoms with Gasteiger partial charge in [0.15, 0.2) is 0 Å². The van der Waals surface area contributed by atoms with Crippen LogP contribution in [-0.2, 0) is 12.8 Å². The molecule has 0 amide bonds. The number of hydrogen-bond acceptors (Lipinski definition) is 3. The molecular formula is C17H17NO2. The zero-order valence-corrected chi connectivity index (χ0v) is 11.4. The molecule has 0 unspecified atom stereocenters. The number of nitrogens with zero attached hydrogens (tertiary/aromatic N) is 1. The van der Waals surface area contributed by atoms with Crippen molar-refractivity contribution in [2.45, 2.75) is 18.9 Å². The topological polar surface area (TPSA) is 43.7 Å². The van der Waals surface area contributed by atoms with E-state index in [1.54, 1.807) is 12.1 Å². The molecule has 102 valence electrons. The van der Waals surface area contributed by atoms with Crippen molar-refractivity contribution in [3.63, 3.8) is 0 Å². The molecule has 3 heteroatoms. The molecule has 2 aromatic carbocycles. The lowest BCUT2D eigenvalue weighted by Crippen LogP contribution is -2.35. The maximum Gasteiger partial charge on any atom is 0.123 e. The van der Waals surface area contributed by atoms with Gasteiger partial charge in [-0.1, -0.05) is 12.1 Å². The molecular weight excluding hydrogens is 250 g/mol. The van der Waals surface area contributed by atoms with Gasteiger partial charge in [0, 0.05) is 18.2 Å². The first kappa shape index (κ1) is 11.8. The molecule has 0 bridgehead atoms. The second-order valence-electron chi connectivity index (χ2n) is 5.83. The monoisotopic (exact) mass is 267 g/mol. The van der Waals surface area contributed by atoms with Crippen molar-refractivity contribution in [2.75, 3.05) is 13.6 Å². The van der Waals surface area contributed by atoms with Gasteiger partial charge in [-0.2, -0.15) is 0 Å². The molecule has 0 radical (unpaired) electrons. The van der Waals surface area contributed by atoms with E-state index in [1.807, 2.05) is 12.1 Å². The Hall–Kier alpha value is -2.00. The molecule has 2 N–H and O–H groups in total. The Morgan fingerprint density at radius 1 is 1.15 bits per heavy atom. The second kappa shape index (κ2) is 4.00. The molecule has 0 fully saturated rings. The molecule has 1 heterocycles. The molecule has 4 rings (SSSR count). The summed E-state index contributed by atoms with van der Waals surface area (Å²) in [5, 5.41) is 20.2. The Labute approximate surface area is 118 Å². The van der Waals surface area contributed by atoms with Crippen LogP contribution in [0.25, 0.3) is 11.1 Å². The summed E-state index contributed by atoms with van der Waals surface area (Å²) in [6, 6.07) is 9.72. The lowest BCUT2D eigenvalue weighted by molar-refractivity contribution is 0.227. The van der Waals surface area contributed by atoms with Gasteiger partial charge < -0.3 is 10.2 Å². The minimum atomic E-state index is 0.290. The lowest BCUT2D eigenvalue weighted by atomic mass is 9.77. The second-order valence-corrected chi connectivity index (χ2v) is 5.83. The number of phenolic OH excluding ortho intramolecular Hbond substituents is 2. The van der Waals surface area contributed by atoms with Crippen molar-refractivity contribution in [3.8, 4) is 22.6 Å². The molecule has 20 heavy (non-hydrogen) atoms. The Morgan fingerprint density at radius 2 is 2.00 bits per heavy atom. The fourth-order valence-electron chi connectivity index (χ4n) is 3.71. The third-order valence-corrected chi connectivity index (χ3v) is 4.66. The summed E-state index contributed by atoms with van der Waals surface area (Å²) >= 11 is 0. The smallest absolute Gasteiger partial charge is 0.123 e. The fourth-order valence-corrected chi connectivity index (χ4v) is 3.71. The van der Waals surface area contributed by atoms with Crippen LogP contribution in [0.5, 0.6) is 11.5 Å². The van der Waals surface area contributed by atoms with Crippen LogP contribution < -0.4 is 0 Å². The van der Waals surface area contributed by atoms with Crippen molar-refractivity contribution in [1.82, 2.24) is 4.90 Å². The molecule has 3 nitrogen and oxygen atoms in total. The quantitative estimate of drug-likeness (QED) is 0.771. The highest BCUT2D eigenvalue weighted by atomic mass is 16.3. The molecule has 0 aromatic heterocycles. The molecule has 0 saturated carbocycles. The third-order valence-electron chi connectivity index (χ3n) is 4.66. The largest absolute Gasteiger partial charge is 0.508 e. The first-order valence-electron chi connectivity index (χ1n) is 7.02. The summed E-state index contributed by atoms with van der Waals surface area (Å²) in [6.45, 7) is 1.01. The van der Waals surface area contributed by atoms with Crippen molar-refractivity contribution in [3.05, 3.63) is 47.0 Å². The molecule has 1 atom stereocenters. The molecule has 2 aromatic rings. The molecule has 0 saturated heterocycles. The average Bonchev–Trinajstić information content (AvgIpc) is 2.42. The maximum absolute atomic E-state index is 10.2. The van der Waals surface area contributed by atoms with E-state index >= 15 is 0 Å². The maximum atomic E-state index is 10.2. The Kier molecular flexibility index (Phi) is 2.36. The highest BCUT2D eigenvalue weighted by Gasteiger charge is 2.34. The van der Waals surface area contributed by atoms with Gasteiger partial charge in [0.25, 0.3) is 0 Å². The number of aromatic hydroxyl groups is 2. The van der Waals surface area contributed by atoms with Gasteiger partial charge in [0.2, 0.25) is 0 Å². The average molecular weight is 267 g/mol. The summed E-state index contributed by atoms with van der Waals surface area (Å²) in [5.74, 6) is 0.597. The van der Waals surface area contributed by atoms with Crippen molar-refractivity contribution < 1.29 is 10.2 Å². The molecule has 1 aliphatic carbocycles. The van der Waals surface area contributed by atoms with E-state index in [-0.39, 0.29) is 5.75 Å². The molecule has 1 aliphatic heterocycles. The van der Waals surface area contributed by atoms with Crippen molar-refractivity contribution in [2.24, 2.45) is 0 Å². The zero-order valence-electron chi connectivity index (χ0n) is 11.4. The van der Waals surface area contributed by atoms with Crippen LogP contribution in [0, 0.1) is 0 Å². The number of likely N-dealkylation sites (N-methyl/N-ethyl adjacent to an activating group) is 1. The van der Waals surface area contributed by atoms with E-state index in [0.29, 0.717) is 11.8 Å². The number of fused-ring (bicyclic) bond motifs is 2. The van der Waals surface area contributed by atoms with Crippen LogP contribution in [0.3, 0.4) is 0 Å². The fraction of sp³-hybridized carbons (Fsp3) is 0.294. The van der Waals surface area contributed by atoms with Gasteiger partial charge >= 0.3 is 0 Å². The number of rotatable bonds is 0. The van der Waals surface area contributed by atoms with E-state index in [0.717, 1.165) is 36.1 Å². The highest BCUT2D eigenvalue weighted by Crippen LogP contribution is 2.48. The summed E-state index contributed by atoms with van der Waals surface area (Å²) in [4.78, 5) is 2.37. The number of phenols is 2. The number of benzene rings is 2. The van der Waals surface area contributed by atoms with Gasteiger partial charge in [-0.3, -0.25) is 4.90 Å². The van der Waals surface area contributed by atoms with Crippen LogP contribution in [-0.4, -0.2) is 28.7 Å². The van der Waals surface area contributed by atoms with E-state index in [1.165, 1.54) is 11.1 Å². The van der Waals surface area contributed by atoms with Crippen LogP contribution in [0.1, 0.15) is 22.7 Å². The minimum Gasteiger partial charge on any atom is -0.508 e.